The van der Waals surface area contributed by atoms with Gasteiger partial charge in [0.05, 0.1) is 6.54 Å². The zero-order valence-electron chi connectivity index (χ0n) is 8.86. The number of carbonyl (C=O) groups excluding carboxylic acids is 1. The van der Waals surface area contributed by atoms with Crippen molar-refractivity contribution < 1.29 is 13.7 Å². The van der Waals surface area contributed by atoms with Crippen LogP contribution in [-0.2, 0) is 4.79 Å². The number of nitrogens with zero attached hydrogens (tertiary/aromatic N) is 2. The topological polar surface area (TPSA) is 58.4 Å². The molecule has 1 atom stereocenters. The van der Waals surface area contributed by atoms with E-state index in [-0.39, 0.29) is 12.5 Å². The second-order valence-corrected chi connectivity index (χ2v) is 3.91. The summed E-state index contributed by atoms with van der Waals surface area (Å²) in [6.45, 7) is 1.31. The molecule has 0 spiro atoms. The maximum atomic E-state index is 13.1. The summed E-state index contributed by atoms with van der Waals surface area (Å²) in [5, 5.41) is 6.14. The average molecular weight is 227 g/mol. The minimum absolute atomic E-state index is 0.192. The minimum atomic E-state index is -0.811. The van der Waals surface area contributed by atoms with E-state index in [0.29, 0.717) is 18.8 Å². The number of halogens is 1. The molecule has 0 saturated carbocycles. The van der Waals surface area contributed by atoms with Crippen molar-refractivity contribution in [2.75, 3.05) is 25.0 Å². The van der Waals surface area contributed by atoms with Crippen LogP contribution >= 0.6 is 0 Å². The van der Waals surface area contributed by atoms with Crippen LogP contribution in [0, 0.1) is 0 Å². The highest BCUT2D eigenvalue weighted by Crippen LogP contribution is 2.12. The molecule has 2 rings (SSSR count). The molecule has 1 amide bonds. The van der Waals surface area contributed by atoms with Gasteiger partial charge in [0, 0.05) is 12.6 Å². The van der Waals surface area contributed by atoms with Crippen molar-refractivity contribution >= 4 is 11.7 Å². The first kappa shape index (κ1) is 11.1. The average Bonchev–Trinajstić information content (AvgIpc) is 2.70. The van der Waals surface area contributed by atoms with Crippen molar-refractivity contribution in [2.24, 2.45) is 0 Å². The van der Waals surface area contributed by atoms with E-state index < -0.39 is 6.17 Å². The summed E-state index contributed by atoms with van der Waals surface area (Å²) in [6, 6.07) is 1.56. The summed E-state index contributed by atoms with van der Waals surface area (Å²) in [4.78, 5) is 13.3. The van der Waals surface area contributed by atoms with Crippen molar-refractivity contribution in [1.82, 2.24) is 10.1 Å². The largest absolute Gasteiger partial charge is 0.363 e. The van der Waals surface area contributed by atoms with E-state index in [1.165, 1.54) is 6.26 Å². The Morgan fingerprint density at radius 3 is 3.31 bits per heavy atom. The van der Waals surface area contributed by atoms with Gasteiger partial charge in [0.2, 0.25) is 5.91 Å². The lowest BCUT2D eigenvalue weighted by Gasteiger charge is -2.27. The van der Waals surface area contributed by atoms with Crippen LogP contribution in [0.3, 0.4) is 0 Å². The molecule has 1 fully saturated rings. The van der Waals surface area contributed by atoms with Crippen LogP contribution in [0.25, 0.3) is 0 Å². The molecule has 1 aromatic heterocycles. The quantitative estimate of drug-likeness (QED) is 0.838. The van der Waals surface area contributed by atoms with Crippen LogP contribution in [0.4, 0.5) is 10.2 Å². The van der Waals surface area contributed by atoms with E-state index in [1.807, 2.05) is 4.90 Å². The molecule has 6 heteroatoms. The van der Waals surface area contributed by atoms with E-state index in [9.17, 15) is 9.18 Å². The Morgan fingerprint density at radius 2 is 2.62 bits per heavy atom. The van der Waals surface area contributed by atoms with E-state index in [4.69, 9.17) is 0 Å². The van der Waals surface area contributed by atoms with Crippen LogP contribution in [0.2, 0.25) is 0 Å². The van der Waals surface area contributed by atoms with Crippen LogP contribution in [0.1, 0.15) is 12.8 Å². The van der Waals surface area contributed by atoms with Gasteiger partial charge in [-0.25, -0.2) is 4.39 Å². The van der Waals surface area contributed by atoms with Gasteiger partial charge in [-0.1, -0.05) is 5.16 Å². The monoisotopic (exact) mass is 227 g/mol. The van der Waals surface area contributed by atoms with Crippen LogP contribution in [-0.4, -0.2) is 41.8 Å². The number of nitrogens with one attached hydrogen (secondary N) is 1. The molecule has 1 aliphatic heterocycles. The SMILES string of the molecule is O=C(CN1CCCC(F)C1)Nc1ccon1. The fraction of sp³-hybridized carbons (Fsp3) is 0.600. The van der Waals surface area contributed by atoms with Gasteiger partial charge in [0.25, 0.3) is 0 Å². The van der Waals surface area contributed by atoms with Gasteiger partial charge >= 0.3 is 0 Å². The van der Waals surface area contributed by atoms with Crippen molar-refractivity contribution in [2.45, 2.75) is 19.0 Å². The van der Waals surface area contributed by atoms with Crippen LogP contribution in [0.15, 0.2) is 16.9 Å². The molecular formula is C10H14FN3O2. The zero-order chi connectivity index (χ0) is 11.4. The lowest BCUT2D eigenvalue weighted by molar-refractivity contribution is -0.117. The van der Waals surface area contributed by atoms with Crippen LogP contribution in [0.5, 0.6) is 0 Å². The minimum Gasteiger partial charge on any atom is -0.363 e. The predicted molar refractivity (Wildman–Crippen MR) is 55.7 cm³/mol. The number of amides is 1. The molecule has 2 heterocycles. The molecule has 0 bridgehead atoms. The van der Waals surface area contributed by atoms with E-state index in [2.05, 4.69) is 15.0 Å². The van der Waals surface area contributed by atoms with Gasteiger partial charge in [-0.2, -0.15) is 0 Å². The van der Waals surface area contributed by atoms with Crippen LogP contribution < -0.4 is 5.32 Å². The van der Waals surface area contributed by atoms with E-state index in [0.717, 1.165) is 13.0 Å². The van der Waals surface area contributed by atoms with Gasteiger partial charge in [-0.15, -0.1) is 0 Å². The summed E-state index contributed by atoms with van der Waals surface area (Å²) in [7, 11) is 0. The lowest BCUT2D eigenvalue weighted by Crippen LogP contribution is -2.41. The number of aromatic nitrogens is 1. The van der Waals surface area contributed by atoms with Gasteiger partial charge in [-0.05, 0) is 19.4 Å². The Morgan fingerprint density at radius 1 is 1.75 bits per heavy atom. The Labute approximate surface area is 92.6 Å². The number of anilines is 1. The molecule has 1 saturated heterocycles. The maximum absolute atomic E-state index is 13.1. The number of rotatable bonds is 3. The Balaban J connectivity index is 1.78. The number of hydrogen-bond acceptors (Lipinski definition) is 4. The molecule has 5 nitrogen and oxygen atoms in total. The summed E-state index contributed by atoms with van der Waals surface area (Å²) in [6.07, 6.45) is 1.97. The normalized spacial score (nSPS) is 21.9. The van der Waals surface area contributed by atoms with Crippen molar-refractivity contribution in [3.8, 4) is 0 Å². The van der Waals surface area contributed by atoms with Gasteiger partial charge in [0.1, 0.15) is 12.4 Å². The van der Waals surface area contributed by atoms with E-state index >= 15 is 0 Å². The molecule has 1 unspecified atom stereocenters. The molecular weight excluding hydrogens is 213 g/mol. The number of carbonyl (C=O) groups is 1. The summed E-state index contributed by atoms with van der Waals surface area (Å²) in [5.74, 6) is 0.196. The molecule has 0 aliphatic carbocycles. The molecule has 1 aliphatic rings. The fourth-order valence-electron chi connectivity index (χ4n) is 1.81. The summed E-state index contributed by atoms with van der Waals surface area (Å²) in [5.41, 5.74) is 0. The summed E-state index contributed by atoms with van der Waals surface area (Å²) >= 11 is 0. The Bertz CT molecular complexity index is 342. The third-order valence-corrected chi connectivity index (χ3v) is 2.52. The Hall–Kier alpha value is -1.43. The smallest absolute Gasteiger partial charge is 0.239 e. The number of likely N-dealkylation sites (tertiary alicyclic amines) is 1. The maximum Gasteiger partial charge on any atom is 0.239 e. The number of piperidine rings is 1. The van der Waals surface area contributed by atoms with E-state index in [1.54, 1.807) is 6.07 Å². The van der Waals surface area contributed by atoms with Gasteiger partial charge in [-0.3, -0.25) is 9.69 Å². The second-order valence-electron chi connectivity index (χ2n) is 3.91. The van der Waals surface area contributed by atoms with Crippen molar-refractivity contribution in [3.63, 3.8) is 0 Å². The third-order valence-electron chi connectivity index (χ3n) is 2.52. The van der Waals surface area contributed by atoms with Gasteiger partial charge in [0.15, 0.2) is 5.82 Å². The first-order valence-electron chi connectivity index (χ1n) is 5.30. The molecule has 0 radical (unpaired) electrons. The first-order chi connectivity index (χ1) is 7.74. The number of hydrogen-bond donors (Lipinski definition) is 1. The second kappa shape index (κ2) is 5.07. The molecule has 1 aromatic rings. The highest BCUT2D eigenvalue weighted by atomic mass is 19.1. The third kappa shape index (κ3) is 3.03. The fourth-order valence-corrected chi connectivity index (χ4v) is 1.81. The lowest BCUT2D eigenvalue weighted by atomic mass is 10.1. The molecule has 1 N–H and O–H groups in total. The Kier molecular flexibility index (Phi) is 3.51. The van der Waals surface area contributed by atoms with Crippen molar-refractivity contribution in [1.29, 1.82) is 0 Å². The van der Waals surface area contributed by atoms with Gasteiger partial charge < -0.3 is 9.84 Å². The zero-order valence-corrected chi connectivity index (χ0v) is 8.86. The highest BCUT2D eigenvalue weighted by Gasteiger charge is 2.20. The predicted octanol–water partition coefficient (Wildman–Crippen LogP) is 1.05. The number of alkyl halides is 1. The first-order valence-corrected chi connectivity index (χ1v) is 5.30. The summed E-state index contributed by atoms with van der Waals surface area (Å²) < 4.78 is 17.6. The molecule has 88 valence electrons. The standard InChI is InChI=1S/C10H14FN3O2/c11-8-2-1-4-14(6-8)7-10(15)12-9-3-5-16-13-9/h3,5,8H,1-2,4,6-7H2,(H,12,13,15). The molecule has 16 heavy (non-hydrogen) atoms. The van der Waals surface area contributed by atoms with Crippen molar-refractivity contribution in [3.05, 3.63) is 12.3 Å². The highest BCUT2D eigenvalue weighted by molar-refractivity contribution is 5.91. The molecule has 0 aromatic carbocycles.